The highest BCUT2D eigenvalue weighted by atomic mass is 32.1. The lowest BCUT2D eigenvalue weighted by atomic mass is 10.1. The molecule has 130 valence electrons. The second-order valence-electron chi connectivity index (χ2n) is 5.82. The largest absolute Gasteiger partial charge is 0.465 e. The van der Waals surface area contributed by atoms with E-state index >= 15 is 0 Å². The van der Waals surface area contributed by atoms with E-state index in [4.69, 9.17) is 4.74 Å². The summed E-state index contributed by atoms with van der Waals surface area (Å²) in [6.45, 7) is 3.25. The first-order valence-electron chi connectivity index (χ1n) is 8.03. The van der Waals surface area contributed by atoms with Gasteiger partial charge in [0.15, 0.2) is 5.13 Å². The number of thiazole rings is 1. The predicted molar refractivity (Wildman–Crippen MR) is 95.6 cm³/mol. The molecule has 0 radical (unpaired) electrons. The summed E-state index contributed by atoms with van der Waals surface area (Å²) in [7, 11) is 0. The van der Waals surface area contributed by atoms with Crippen LogP contribution >= 0.6 is 22.7 Å². The number of rotatable bonds is 4. The third-order valence-corrected chi connectivity index (χ3v) is 5.88. The maximum absolute atomic E-state index is 12.9. The molecule has 0 aliphatic carbocycles. The summed E-state index contributed by atoms with van der Waals surface area (Å²) in [4.78, 5) is 20.0. The first-order valence-corrected chi connectivity index (χ1v) is 9.73. The summed E-state index contributed by atoms with van der Waals surface area (Å²) in [5.41, 5.74) is 2.44. The minimum absolute atomic E-state index is 0.0581. The van der Waals surface area contributed by atoms with Gasteiger partial charge in [-0.3, -0.25) is 4.79 Å². The lowest BCUT2D eigenvalue weighted by molar-refractivity contribution is 0.0597. The van der Waals surface area contributed by atoms with Crippen LogP contribution in [0.3, 0.4) is 0 Å². The molecule has 0 spiro atoms. The number of amides is 1. The molecule has 3 aromatic heterocycles. The number of aryl methyl sites for hydroxylation is 1. The predicted octanol–water partition coefficient (Wildman–Crippen LogP) is 2.78. The molecule has 0 aromatic carbocycles. The summed E-state index contributed by atoms with van der Waals surface area (Å²) >= 11 is 2.83. The molecule has 25 heavy (non-hydrogen) atoms. The number of nitrogens with zero attached hydrogens (tertiary/aromatic N) is 5. The molecule has 4 heterocycles. The highest BCUT2D eigenvalue weighted by Gasteiger charge is 2.27. The van der Waals surface area contributed by atoms with E-state index in [0.29, 0.717) is 23.2 Å². The van der Waals surface area contributed by atoms with Gasteiger partial charge in [0.25, 0.3) is 11.1 Å². The van der Waals surface area contributed by atoms with Crippen LogP contribution in [0.15, 0.2) is 30.0 Å². The molecule has 1 aliphatic rings. The molecule has 9 heteroatoms. The first kappa shape index (κ1) is 16.2. The van der Waals surface area contributed by atoms with Crippen LogP contribution in [-0.4, -0.2) is 49.7 Å². The monoisotopic (exact) mass is 375 g/mol. The van der Waals surface area contributed by atoms with Crippen LogP contribution in [0.25, 0.3) is 5.13 Å². The van der Waals surface area contributed by atoms with Crippen molar-refractivity contribution in [1.29, 1.82) is 0 Å². The Morgan fingerprint density at radius 3 is 2.72 bits per heavy atom. The van der Waals surface area contributed by atoms with Crippen molar-refractivity contribution in [3.05, 3.63) is 40.6 Å². The summed E-state index contributed by atoms with van der Waals surface area (Å²) in [5.74, 6) is 0.0581. The zero-order chi connectivity index (χ0) is 17.2. The van der Waals surface area contributed by atoms with Crippen molar-refractivity contribution in [3.63, 3.8) is 0 Å². The number of aromatic nitrogens is 4. The Balaban J connectivity index is 1.40. The number of hydrogen-bond donors (Lipinski definition) is 0. The average Bonchev–Trinajstić information content (AvgIpc) is 3.36. The van der Waals surface area contributed by atoms with Gasteiger partial charge in [-0.05, 0) is 19.1 Å². The minimum atomic E-state index is 0.0581. The van der Waals surface area contributed by atoms with E-state index in [1.165, 1.54) is 22.7 Å². The first-order chi connectivity index (χ1) is 12.2. The number of likely N-dealkylation sites (tertiary alicyclic amines) is 1. The van der Waals surface area contributed by atoms with Crippen LogP contribution in [0.1, 0.15) is 28.2 Å². The molecular formula is C16H17N5O2S2. The Kier molecular flexibility index (Phi) is 4.50. The van der Waals surface area contributed by atoms with Gasteiger partial charge in [-0.2, -0.15) is 0 Å². The van der Waals surface area contributed by atoms with E-state index in [1.54, 1.807) is 5.51 Å². The molecule has 0 unspecified atom stereocenters. The second-order valence-corrected chi connectivity index (χ2v) is 7.59. The molecule has 1 amide bonds. The van der Waals surface area contributed by atoms with E-state index < -0.39 is 0 Å². The normalized spacial score (nSPS) is 15.5. The lowest BCUT2D eigenvalue weighted by Gasteiger charge is -2.31. The maximum atomic E-state index is 12.9. The molecular weight excluding hydrogens is 358 g/mol. The van der Waals surface area contributed by atoms with E-state index in [-0.39, 0.29) is 12.0 Å². The van der Waals surface area contributed by atoms with Crippen LogP contribution in [0, 0.1) is 6.92 Å². The molecule has 3 aromatic rings. The fourth-order valence-corrected chi connectivity index (χ4v) is 4.30. The second kappa shape index (κ2) is 6.93. The number of ether oxygens (including phenoxy) is 1. The van der Waals surface area contributed by atoms with Crippen molar-refractivity contribution >= 4 is 28.6 Å². The third kappa shape index (κ3) is 3.42. The van der Waals surface area contributed by atoms with Gasteiger partial charge in [-0.1, -0.05) is 22.7 Å². The lowest BCUT2D eigenvalue weighted by Crippen LogP contribution is -2.41. The standard InChI is InChI=1S/C16H17N5O2S2/c1-11-13(25-15(18-11)21-6-2-3-7-21)14(22)20-8-4-12(5-9-20)23-16-19-17-10-24-16/h2-3,6-7,10,12H,4-5,8-9H2,1H3. The Morgan fingerprint density at radius 2 is 2.04 bits per heavy atom. The molecule has 0 atom stereocenters. The van der Waals surface area contributed by atoms with Gasteiger partial charge < -0.3 is 14.2 Å². The smallest absolute Gasteiger partial charge is 0.294 e. The van der Waals surface area contributed by atoms with Gasteiger partial charge in [0, 0.05) is 38.3 Å². The van der Waals surface area contributed by atoms with E-state index in [2.05, 4.69) is 15.2 Å². The molecule has 7 nitrogen and oxygen atoms in total. The van der Waals surface area contributed by atoms with Crippen LogP contribution in [0.4, 0.5) is 0 Å². The van der Waals surface area contributed by atoms with Crippen LogP contribution in [0.2, 0.25) is 0 Å². The third-order valence-electron chi connectivity index (χ3n) is 4.14. The van der Waals surface area contributed by atoms with Crippen LogP contribution in [-0.2, 0) is 0 Å². The SMILES string of the molecule is Cc1nc(-n2cccc2)sc1C(=O)N1CCC(Oc2nncs2)CC1. The average molecular weight is 375 g/mol. The summed E-state index contributed by atoms with van der Waals surface area (Å²) in [6, 6.07) is 3.89. The minimum Gasteiger partial charge on any atom is -0.465 e. The summed E-state index contributed by atoms with van der Waals surface area (Å²) in [6.07, 6.45) is 5.56. The fourth-order valence-electron chi connectivity index (χ4n) is 2.83. The molecule has 4 rings (SSSR count). The molecule has 0 bridgehead atoms. The van der Waals surface area contributed by atoms with Gasteiger partial charge in [0.05, 0.1) is 5.69 Å². The number of carbonyl (C=O) groups excluding carboxylic acids is 1. The molecule has 0 saturated carbocycles. The Bertz CT molecular complexity index is 836. The summed E-state index contributed by atoms with van der Waals surface area (Å²) in [5, 5.41) is 9.10. The number of carbonyl (C=O) groups is 1. The van der Waals surface area contributed by atoms with E-state index in [0.717, 1.165) is 23.7 Å². The van der Waals surface area contributed by atoms with E-state index in [1.807, 2.05) is 40.9 Å². The van der Waals surface area contributed by atoms with Gasteiger partial charge in [-0.25, -0.2) is 4.98 Å². The Hall–Kier alpha value is -2.26. The Labute approximate surface area is 152 Å². The van der Waals surface area contributed by atoms with Crippen molar-refractivity contribution in [1.82, 2.24) is 24.6 Å². The number of hydrogen-bond acceptors (Lipinski definition) is 7. The van der Waals surface area contributed by atoms with E-state index in [9.17, 15) is 4.79 Å². The van der Waals surface area contributed by atoms with Crippen molar-refractivity contribution in [2.45, 2.75) is 25.9 Å². The highest BCUT2D eigenvalue weighted by Crippen LogP contribution is 2.26. The molecule has 1 fully saturated rings. The van der Waals surface area contributed by atoms with Crippen molar-refractivity contribution < 1.29 is 9.53 Å². The van der Waals surface area contributed by atoms with Gasteiger partial charge in [-0.15, -0.1) is 10.2 Å². The maximum Gasteiger partial charge on any atom is 0.294 e. The fraction of sp³-hybridized carbons (Fsp3) is 0.375. The molecule has 1 saturated heterocycles. The van der Waals surface area contributed by atoms with Crippen molar-refractivity contribution in [3.8, 4) is 10.3 Å². The van der Waals surface area contributed by atoms with Crippen molar-refractivity contribution in [2.75, 3.05) is 13.1 Å². The topological polar surface area (TPSA) is 73.1 Å². The highest BCUT2D eigenvalue weighted by molar-refractivity contribution is 7.16. The molecule has 1 aliphatic heterocycles. The quantitative estimate of drug-likeness (QED) is 0.701. The van der Waals surface area contributed by atoms with Gasteiger partial charge in [0.2, 0.25) is 0 Å². The van der Waals surface area contributed by atoms with Gasteiger partial charge in [0.1, 0.15) is 16.5 Å². The molecule has 0 N–H and O–H groups in total. The van der Waals surface area contributed by atoms with Gasteiger partial charge >= 0.3 is 0 Å². The van der Waals surface area contributed by atoms with Crippen molar-refractivity contribution in [2.24, 2.45) is 0 Å². The summed E-state index contributed by atoms with van der Waals surface area (Å²) < 4.78 is 7.73. The number of piperidine rings is 1. The van der Waals surface area contributed by atoms with Crippen LogP contribution < -0.4 is 4.74 Å². The zero-order valence-electron chi connectivity index (χ0n) is 13.7. The zero-order valence-corrected chi connectivity index (χ0v) is 15.3. The van der Waals surface area contributed by atoms with Crippen LogP contribution in [0.5, 0.6) is 5.19 Å². The Morgan fingerprint density at radius 1 is 1.28 bits per heavy atom.